The molecule has 1 saturated heterocycles. The van der Waals surface area contributed by atoms with Gasteiger partial charge in [0.25, 0.3) is 0 Å². The lowest BCUT2D eigenvalue weighted by atomic mass is 9.90. The fourth-order valence-corrected chi connectivity index (χ4v) is 2.43. The molecule has 0 radical (unpaired) electrons. The predicted octanol–water partition coefficient (Wildman–Crippen LogP) is 2.16. The normalized spacial score (nSPS) is 19.5. The Balaban J connectivity index is 2.00. The Morgan fingerprint density at radius 2 is 1.88 bits per heavy atom. The molecule has 1 aromatic rings. The van der Waals surface area contributed by atoms with E-state index in [0.717, 1.165) is 31.6 Å². The zero-order chi connectivity index (χ0) is 12.5. The molecule has 2 rings (SSSR count). The van der Waals surface area contributed by atoms with Crippen LogP contribution in [0.25, 0.3) is 0 Å². The number of piperidine rings is 1. The van der Waals surface area contributed by atoms with Gasteiger partial charge in [0.05, 0.1) is 5.69 Å². The van der Waals surface area contributed by atoms with E-state index in [1.54, 1.807) is 6.07 Å². The van der Waals surface area contributed by atoms with Gasteiger partial charge in [-0.25, -0.2) is 9.97 Å². The van der Waals surface area contributed by atoms with E-state index in [1.807, 2.05) is 0 Å². The molecule has 2 heterocycles. The number of nitrogens with zero attached hydrogens (tertiary/aromatic N) is 3. The second-order valence-electron chi connectivity index (χ2n) is 5.73. The van der Waals surface area contributed by atoms with Crippen LogP contribution in [0.5, 0.6) is 5.88 Å². The lowest BCUT2D eigenvalue weighted by Gasteiger charge is -2.40. The highest BCUT2D eigenvalue weighted by Gasteiger charge is 2.28. The van der Waals surface area contributed by atoms with Crippen LogP contribution in [0.4, 0.5) is 0 Å². The topological polar surface area (TPSA) is 49.2 Å². The van der Waals surface area contributed by atoms with Crippen LogP contribution in [-0.4, -0.2) is 38.6 Å². The molecule has 0 aliphatic carbocycles. The van der Waals surface area contributed by atoms with E-state index in [1.165, 1.54) is 6.33 Å². The molecule has 0 saturated carbocycles. The molecule has 94 valence electrons. The van der Waals surface area contributed by atoms with Crippen molar-refractivity contribution in [2.45, 2.75) is 45.1 Å². The van der Waals surface area contributed by atoms with Gasteiger partial charge in [0.1, 0.15) is 6.33 Å². The van der Waals surface area contributed by atoms with Crippen LogP contribution in [0.15, 0.2) is 12.4 Å². The molecule has 0 aromatic carbocycles. The quantitative estimate of drug-likeness (QED) is 0.810. The summed E-state index contributed by atoms with van der Waals surface area (Å²) < 4.78 is 0. The lowest BCUT2D eigenvalue weighted by molar-refractivity contribution is 0.101. The second-order valence-corrected chi connectivity index (χ2v) is 5.73. The highest BCUT2D eigenvalue weighted by molar-refractivity contribution is 5.16. The largest absolute Gasteiger partial charge is 0.493 e. The van der Waals surface area contributed by atoms with Crippen molar-refractivity contribution in [3.63, 3.8) is 0 Å². The van der Waals surface area contributed by atoms with Crippen molar-refractivity contribution in [1.82, 2.24) is 14.9 Å². The van der Waals surface area contributed by atoms with Crippen LogP contribution in [0.2, 0.25) is 0 Å². The number of aromatic nitrogens is 2. The summed E-state index contributed by atoms with van der Waals surface area (Å²) in [7, 11) is 0. The second kappa shape index (κ2) is 4.61. The van der Waals surface area contributed by atoms with Gasteiger partial charge in [-0.05, 0) is 46.7 Å². The highest BCUT2D eigenvalue weighted by Crippen LogP contribution is 2.30. The number of aromatic hydroxyl groups is 1. The summed E-state index contributed by atoms with van der Waals surface area (Å²) >= 11 is 0. The number of rotatable bonds is 1. The first-order valence-electron chi connectivity index (χ1n) is 6.23. The molecule has 0 bridgehead atoms. The minimum atomic E-state index is 0.0771. The van der Waals surface area contributed by atoms with E-state index >= 15 is 0 Å². The standard InChI is InChI=1S/C13H21N3O/c1-13(2,3)16-6-4-10(5-7-16)11-8-12(17)15-9-14-11/h8-10H,4-7H2,1-3H3,(H,14,15,17). The van der Waals surface area contributed by atoms with Gasteiger partial charge in [-0.15, -0.1) is 0 Å². The Bertz CT molecular complexity index is 378. The van der Waals surface area contributed by atoms with E-state index in [4.69, 9.17) is 0 Å². The van der Waals surface area contributed by atoms with Crippen LogP contribution in [-0.2, 0) is 0 Å². The monoisotopic (exact) mass is 235 g/mol. The van der Waals surface area contributed by atoms with Gasteiger partial charge in [0, 0.05) is 17.5 Å². The van der Waals surface area contributed by atoms with E-state index < -0.39 is 0 Å². The number of likely N-dealkylation sites (tertiary alicyclic amines) is 1. The summed E-state index contributed by atoms with van der Waals surface area (Å²) in [4.78, 5) is 10.5. The summed E-state index contributed by atoms with van der Waals surface area (Å²) in [5.74, 6) is 0.538. The molecular weight excluding hydrogens is 214 g/mol. The van der Waals surface area contributed by atoms with E-state index in [2.05, 4.69) is 35.6 Å². The van der Waals surface area contributed by atoms with E-state index in [9.17, 15) is 5.11 Å². The van der Waals surface area contributed by atoms with Crippen molar-refractivity contribution < 1.29 is 5.11 Å². The van der Waals surface area contributed by atoms with Gasteiger partial charge in [-0.1, -0.05) is 0 Å². The highest BCUT2D eigenvalue weighted by atomic mass is 16.3. The first kappa shape index (κ1) is 12.3. The van der Waals surface area contributed by atoms with Gasteiger partial charge in [-0.3, -0.25) is 4.90 Å². The molecule has 1 N–H and O–H groups in total. The smallest absolute Gasteiger partial charge is 0.214 e. The van der Waals surface area contributed by atoms with Gasteiger partial charge in [0.15, 0.2) is 0 Å². The van der Waals surface area contributed by atoms with Gasteiger partial charge >= 0.3 is 0 Å². The average Bonchev–Trinajstić information content (AvgIpc) is 2.28. The number of hydrogen-bond donors (Lipinski definition) is 1. The Hall–Kier alpha value is -1.16. The summed E-state index contributed by atoms with van der Waals surface area (Å²) in [6.07, 6.45) is 3.66. The summed E-state index contributed by atoms with van der Waals surface area (Å²) in [5.41, 5.74) is 1.23. The molecule has 1 aliphatic rings. The van der Waals surface area contributed by atoms with Crippen molar-refractivity contribution in [3.8, 4) is 5.88 Å². The minimum absolute atomic E-state index is 0.0771. The first-order valence-corrected chi connectivity index (χ1v) is 6.23. The van der Waals surface area contributed by atoms with Crippen LogP contribution < -0.4 is 0 Å². The molecule has 0 spiro atoms. The van der Waals surface area contributed by atoms with Crippen molar-refractivity contribution in [2.24, 2.45) is 0 Å². The van der Waals surface area contributed by atoms with E-state index in [-0.39, 0.29) is 11.4 Å². The predicted molar refractivity (Wildman–Crippen MR) is 67.0 cm³/mol. The van der Waals surface area contributed by atoms with Crippen LogP contribution >= 0.6 is 0 Å². The average molecular weight is 235 g/mol. The molecule has 1 aromatic heterocycles. The third kappa shape index (κ3) is 2.94. The van der Waals surface area contributed by atoms with Crippen LogP contribution in [0.1, 0.15) is 45.2 Å². The van der Waals surface area contributed by atoms with Gasteiger partial charge in [-0.2, -0.15) is 0 Å². The maximum atomic E-state index is 9.36. The summed E-state index contributed by atoms with van der Waals surface area (Å²) in [6, 6.07) is 1.69. The van der Waals surface area contributed by atoms with E-state index in [0.29, 0.717) is 5.92 Å². The fourth-order valence-electron chi connectivity index (χ4n) is 2.43. The minimum Gasteiger partial charge on any atom is -0.493 e. The Labute approximate surface area is 103 Å². The Kier molecular flexibility index (Phi) is 3.33. The van der Waals surface area contributed by atoms with Gasteiger partial charge < -0.3 is 5.11 Å². The summed E-state index contributed by atoms with van der Waals surface area (Å²) in [5, 5.41) is 9.36. The molecular formula is C13H21N3O. The third-order valence-electron chi connectivity index (χ3n) is 3.54. The van der Waals surface area contributed by atoms with Crippen LogP contribution in [0.3, 0.4) is 0 Å². The van der Waals surface area contributed by atoms with Crippen molar-refractivity contribution in [3.05, 3.63) is 18.1 Å². The van der Waals surface area contributed by atoms with Crippen LogP contribution in [0, 0.1) is 0 Å². The maximum Gasteiger partial charge on any atom is 0.214 e. The van der Waals surface area contributed by atoms with Crippen molar-refractivity contribution >= 4 is 0 Å². The lowest BCUT2D eigenvalue weighted by Crippen LogP contribution is -2.45. The van der Waals surface area contributed by atoms with Gasteiger partial charge in [0.2, 0.25) is 5.88 Å². The van der Waals surface area contributed by atoms with Crippen molar-refractivity contribution in [2.75, 3.05) is 13.1 Å². The Morgan fingerprint density at radius 3 is 2.41 bits per heavy atom. The fraction of sp³-hybridized carbons (Fsp3) is 0.692. The molecule has 0 atom stereocenters. The Morgan fingerprint density at radius 1 is 1.24 bits per heavy atom. The summed E-state index contributed by atoms with van der Waals surface area (Å²) in [6.45, 7) is 8.95. The molecule has 1 fully saturated rings. The third-order valence-corrected chi connectivity index (χ3v) is 3.54. The molecule has 0 unspecified atom stereocenters. The zero-order valence-corrected chi connectivity index (χ0v) is 10.8. The SMILES string of the molecule is CC(C)(C)N1CCC(c2cc(O)ncn2)CC1. The number of hydrogen-bond acceptors (Lipinski definition) is 4. The molecule has 17 heavy (non-hydrogen) atoms. The first-order chi connectivity index (χ1) is 7.97. The molecule has 1 aliphatic heterocycles. The molecule has 4 nitrogen and oxygen atoms in total. The van der Waals surface area contributed by atoms with Crippen molar-refractivity contribution in [1.29, 1.82) is 0 Å². The zero-order valence-electron chi connectivity index (χ0n) is 10.8. The molecule has 4 heteroatoms. The maximum absolute atomic E-state index is 9.36. The molecule has 0 amide bonds.